The molecule has 1 heterocycles. The molecule has 0 fully saturated rings. The molecular formula is C15H16N6O4S2. The van der Waals surface area contributed by atoms with Gasteiger partial charge in [-0.3, -0.25) is 5.10 Å². The predicted molar refractivity (Wildman–Crippen MR) is 101 cm³/mol. The van der Waals surface area contributed by atoms with Crippen molar-refractivity contribution < 1.29 is 16.8 Å². The molecule has 27 heavy (non-hydrogen) atoms. The number of primary sulfonamides is 2. The Hall–Kier alpha value is -2.93. The standard InChI is InChI=1S/C15H16N6O4S2/c16-26(22,23)12-5-1-10(2-6-12)18-14-9-15(21-20-14)19-11-3-7-13(8-4-11)27(17,24)25/h1-9H,(H2,16,22,23)(H2,17,24,25)(H3,18,19,20,21). The smallest absolute Gasteiger partial charge is 0.238 e. The van der Waals surface area contributed by atoms with Gasteiger partial charge in [0.15, 0.2) is 5.82 Å². The second-order valence-electron chi connectivity index (χ2n) is 5.56. The molecule has 3 rings (SSSR count). The number of nitrogens with two attached hydrogens (primary N) is 2. The van der Waals surface area contributed by atoms with E-state index in [1.807, 2.05) is 0 Å². The van der Waals surface area contributed by atoms with Crippen molar-refractivity contribution in [3.63, 3.8) is 0 Å². The van der Waals surface area contributed by atoms with Gasteiger partial charge in [0.2, 0.25) is 20.0 Å². The number of nitrogens with zero attached hydrogens (tertiary/aromatic N) is 1. The molecule has 0 bridgehead atoms. The number of aromatic amines is 1. The Labute approximate surface area is 155 Å². The van der Waals surface area contributed by atoms with Crippen LogP contribution in [-0.4, -0.2) is 27.0 Å². The van der Waals surface area contributed by atoms with Gasteiger partial charge in [0.05, 0.1) is 9.79 Å². The highest BCUT2D eigenvalue weighted by molar-refractivity contribution is 7.89. The maximum atomic E-state index is 11.2. The second kappa shape index (κ2) is 7.00. The summed E-state index contributed by atoms with van der Waals surface area (Å²) in [5.74, 6) is 1.05. The summed E-state index contributed by atoms with van der Waals surface area (Å²) in [5, 5.41) is 23.0. The van der Waals surface area contributed by atoms with E-state index in [-0.39, 0.29) is 9.79 Å². The summed E-state index contributed by atoms with van der Waals surface area (Å²) < 4.78 is 45.0. The van der Waals surface area contributed by atoms with Crippen LogP contribution in [0, 0.1) is 0 Å². The Bertz CT molecular complexity index is 1060. The Morgan fingerprint density at radius 2 is 1.19 bits per heavy atom. The number of aromatic nitrogens is 2. The van der Waals surface area contributed by atoms with Crippen LogP contribution in [0.25, 0.3) is 0 Å². The molecule has 0 amide bonds. The third kappa shape index (κ3) is 4.83. The third-order valence-corrected chi connectivity index (χ3v) is 5.35. The van der Waals surface area contributed by atoms with Crippen molar-refractivity contribution >= 4 is 43.1 Å². The maximum absolute atomic E-state index is 11.2. The van der Waals surface area contributed by atoms with E-state index in [0.717, 1.165) is 0 Å². The SMILES string of the molecule is NS(=O)(=O)c1ccc(Nc2cc(Nc3ccc(S(N)(=O)=O)cc3)[nH]n2)cc1. The monoisotopic (exact) mass is 408 g/mol. The van der Waals surface area contributed by atoms with E-state index in [2.05, 4.69) is 20.8 Å². The molecule has 0 atom stereocenters. The van der Waals surface area contributed by atoms with Crippen LogP contribution in [0.1, 0.15) is 0 Å². The molecule has 0 saturated carbocycles. The van der Waals surface area contributed by atoms with Crippen molar-refractivity contribution in [1.29, 1.82) is 0 Å². The normalized spacial score (nSPS) is 11.9. The van der Waals surface area contributed by atoms with Gasteiger partial charge in [0.1, 0.15) is 5.82 Å². The van der Waals surface area contributed by atoms with Crippen LogP contribution in [0.3, 0.4) is 0 Å². The number of rotatable bonds is 6. The van der Waals surface area contributed by atoms with E-state index in [4.69, 9.17) is 10.3 Å². The summed E-state index contributed by atoms with van der Waals surface area (Å²) in [5.41, 5.74) is 1.26. The van der Waals surface area contributed by atoms with Crippen LogP contribution in [0.5, 0.6) is 0 Å². The minimum absolute atomic E-state index is 0.0142. The van der Waals surface area contributed by atoms with Crippen LogP contribution in [-0.2, 0) is 20.0 Å². The molecular weight excluding hydrogens is 392 g/mol. The maximum Gasteiger partial charge on any atom is 0.238 e. The molecule has 10 nitrogen and oxygen atoms in total. The molecule has 142 valence electrons. The highest BCUT2D eigenvalue weighted by Gasteiger charge is 2.09. The minimum Gasteiger partial charge on any atom is -0.341 e. The zero-order chi connectivity index (χ0) is 19.7. The van der Waals surface area contributed by atoms with E-state index in [9.17, 15) is 16.8 Å². The molecule has 3 aromatic rings. The first-order valence-corrected chi connectivity index (χ1v) is 10.6. The van der Waals surface area contributed by atoms with E-state index in [1.54, 1.807) is 30.3 Å². The molecule has 0 radical (unpaired) electrons. The third-order valence-electron chi connectivity index (χ3n) is 3.49. The topological polar surface area (TPSA) is 173 Å². The van der Waals surface area contributed by atoms with Gasteiger partial charge in [-0.1, -0.05) is 0 Å². The number of anilines is 4. The largest absolute Gasteiger partial charge is 0.341 e. The number of hydrogen-bond acceptors (Lipinski definition) is 7. The Morgan fingerprint density at radius 1 is 0.741 bits per heavy atom. The summed E-state index contributed by atoms with van der Waals surface area (Å²) in [6, 6.07) is 13.5. The van der Waals surface area contributed by atoms with E-state index >= 15 is 0 Å². The fourth-order valence-electron chi connectivity index (χ4n) is 2.21. The molecule has 0 aliphatic rings. The second-order valence-corrected chi connectivity index (χ2v) is 8.68. The summed E-state index contributed by atoms with van der Waals surface area (Å²) in [6.07, 6.45) is 0. The van der Waals surface area contributed by atoms with Gasteiger partial charge >= 0.3 is 0 Å². The first kappa shape index (κ1) is 18.8. The Kier molecular flexibility index (Phi) is 4.89. The molecule has 0 aliphatic heterocycles. The minimum atomic E-state index is -3.74. The van der Waals surface area contributed by atoms with E-state index in [1.165, 1.54) is 24.3 Å². The fraction of sp³-hybridized carbons (Fsp3) is 0. The summed E-state index contributed by atoms with van der Waals surface area (Å²) in [7, 11) is -7.48. The number of sulfonamides is 2. The quantitative estimate of drug-likeness (QED) is 0.407. The average molecular weight is 408 g/mol. The van der Waals surface area contributed by atoms with Crippen molar-refractivity contribution in [1.82, 2.24) is 10.2 Å². The lowest BCUT2D eigenvalue weighted by Gasteiger charge is -2.04. The first-order valence-electron chi connectivity index (χ1n) is 7.46. The van der Waals surface area contributed by atoms with Crippen molar-refractivity contribution in [2.45, 2.75) is 9.79 Å². The van der Waals surface area contributed by atoms with Crippen molar-refractivity contribution in [2.24, 2.45) is 10.3 Å². The zero-order valence-corrected chi connectivity index (χ0v) is 15.4. The Balaban J connectivity index is 1.68. The lowest BCUT2D eigenvalue weighted by molar-refractivity contribution is 0.596. The Morgan fingerprint density at radius 3 is 1.63 bits per heavy atom. The van der Waals surface area contributed by atoms with E-state index in [0.29, 0.717) is 23.0 Å². The van der Waals surface area contributed by atoms with Gasteiger partial charge in [-0.25, -0.2) is 27.1 Å². The molecule has 12 heteroatoms. The predicted octanol–water partition coefficient (Wildman–Crippen LogP) is 1.19. The average Bonchev–Trinajstić information content (AvgIpc) is 3.01. The number of H-pyrrole nitrogens is 1. The van der Waals surface area contributed by atoms with Crippen LogP contribution in [0.4, 0.5) is 23.0 Å². The van der Waals surface area contributed by atoms with Gasteiger partial charge in [0, 0.05) is 17.4 Å². The van der Waals surface area contributed by atoms with Crippen LogP contribution >= 0.6 is 0 Å². The highest BCUT2D eigenvalue weighted by Crippen LogP contribution is 2.22. The zero-order valence-electron chi connectivity index (χ0n) is 13.7. The van der Waals surface area contributed by atoms with Crippen molar-refractivity contribution in [3.05, 3.63) is 54.6 Å². The lowest BCUT2D eigenvalue weighted by Crippen LogP contribution is -2.11. The van der Waals surface area contributed by atoms with Crippen LogP contribution in [0.15, 0.2) is 64.4 Å². The van der Waals surface area contributed by atoms with Crippen LogP contribution < -0.4 is 20.9 Å². The molecule has 0 aliphatic carbocycles. The summed E-state index contributed by atoms with van der Waals surface area (Å²) in [6.45, 7) is 0. The van der Waals surface area contributed by atoms with Crippen LogP contribution in [0.2, 0.25) is 0 Å². The number of nitrogens with one attached hydrogen (secondary N) is 3. The van der Waals surface area contributed by atoms with Gasteiger partial charge in [-0.15, -0.1) is 0 Å². The first-order chi connectivity index (χ1) is 12.6. The lowest BCUT2D eigenvalue weighted by atomic mass is 10.3. The van der Waals surface area contributed by atoms with Gasteiger partial charge in [0.25, 0.3) is 0 Å². The van der Waals surface area contributed by atoms with Crippen molar-refractivity contribution in [2.75, 3.05) is 10.6 Å². The molecule has 0 spiro atoms. The highest BCUT2D eigenvalue weighted by atomic mass is 32.2. The molecule has 7 N–H and O–H groups in total. The molecule has 0 saturated heterocycles. The van der Waals surface area contributed by atoms with E-state index < -0.39 is 20.0 Å². The summed E-state index contributed by atoms with van der Waals surface area (Å²) in [4.78, 5) is 0.0309. The van der Waals surface area contributed by atoms with Gasteiger partial charge < -0.3 is 10.6 Å². The molecule has 1 aromatic heterocycles. The molecule has 0 unspecified atom stereocenters. The summed E-state index contributed by atoms with van der Waals surface area (Å²) >= 11 is 0. The fourth-order valence-corrected chi connectivity index (χ4v) is 3.24. The van der Waals surface area contributed by atoms with Crippen molar-refractivity contribution in [3.8, 4) is 0 Å². The molecule has 2 aromatic carbocycles. The van der Waals surface area contributed by atoms with Gasteiger partial charge in [-0.2, -0.15) is 5.10 Å². The number of hydrogen-bond donors (Lipinski definition) is 5. The number of benzene rings is 2. The van der Waals surface area contributed by atoms with Gasteiger partial charge in [-0.05, 0) is 48.5 Å².